The van der Waals surface area contributed by atoms with Gasteiger partial charge in [-0.15, -0.1) is 0 Å². The summed E-state index contributed by atoms with van der Waals surface area (Å²) in [6, 6.07) is 0. The lowest BCUT2D eigenvalue weighted by atomic mass is 9.96. The summed E-state index contributed by atoms with van der Waals surface area (Å²) in [7, 11) is 0. The largest absolute Gasteiger partial charge is 0.466 e. The number of ether oxygens (including phenoxy) is 2. The zero-order chi connectivity index (χ0) is 10.9. The summed E-state index contributed by atoms with van der Waals surface area (Å²) >= 11 is 0. The van der Waals surface area contributed by atoms with Crippen molar-refractivity contribution in [1.82, 2.24) is 0 Å². The molecule has 0 bridgehead atoms. The van der Waals surface area contributed by atoms with E-state index in [2.05, 4.69) is 0 Å². The van der Waals surface area contributed by atoms with E-state index in [-0.39, 0.29) is 5.97 Å². The average molecular weight is 214 g/mol. The Morgan fingerprint density at radius 1 is 1.27 bits per heavy atom. The number of carbonyl (C=O) groups is 1. The SMILES string of the molecule is CCOC(=O)CCCCCOC1CCC1. The number of hydrogen-bond donors (Lipinski definition) is 0. The smallest absolute Gasteiger partial charge is 0.305 e. The Balaban J connectivity index is 1.78. The molecule has 3 heteroatoms. The van der Waals surface area contributed by atoms with Crippen molar-refractivity contribution in [3.8, 4) is 0 Å². The third kappa shape index (κ3) is 5.78. The molecule has 1 aliphatic carbocycles. The Labute approximate surface area is 92.1 Å². The third-order valence-electron chi connectivity index (χ3n) is 2.74. The predicted octanol–water partition coefficient (Wildman–Crippen LogP) is 2.68. The lowest BCUT2D eigenvalue weighted by Crippen LogP contribution is -2.21. The van der Waals surface area contributed by atoms with Gasteiger partial charge in [0.2, 0.25) is 0 Å². The van der Waals surface area contributed by atoms with Crippen molar-refractivity contribution < 1.29 is 14.3 Å². The second-order valence-electron chi connectivity index (χ2n) is 4.04. The highest BCUT2D eigenvalue weighted by molar-refractivity contribution is 5.69. The molecule has 0 aromatic heterocycles. The Bertz CT molecular complexity index is 176. The van der Waals surface area contributed by atoms with Gasteiger partial charge in [0.1, 0.15) is 0 Å². The van der Waals surface area contributed by atoms with E-state index in [4.69, 9.17) is 9.47 Å². The molecule has 88 valence electrons. The minimum Gasteiger partial charge on any atom is -0.466 e. The van der Waals surface area contributed by atoms with Crippen LogP contribution in [0.25, 0.3) is 0 Å². The second kappa shape index (κ2) is 7.69. The molecule has 0 aliphatic heterocycles. The van der Waals surface area contributed by atoms with Gasteiger partial charge < -0.3 is 9.47 Å². The van der Waals surface area contributed by atoms with Crippen LogP contribution in [0.3, 0.4) is 0 Å². The summed E-state index contributed by atoms with van der Waals surface area (Å²) in [5.41, 5.74) is 0. The summed E-state index contributed by atoms with van der Waals surface area (Å²) in [5.74, 6) is -0.0718. The van der Waals surface area contributed by atoms with Gasteiger partial charge in [-0.2, -0.15) is 0 Å². The lowest BCUT2D eigenvalue weighted by molar-refractivity contribution is -0.143. The van der Waals surface area contributed by atoms with E-state index in [1.807, 2.05) is 6.92 Å². The summed E-state index contributed by atoms with van der Waals surface area (Å²) in [6.07, 6.45) is 7.94. The first-order valence-corrected chi connectivity index (χ1v) is 6.10. The van der Waals surface area contributed by atoms with Crippen molar-refractivity contribution in [1.29, 1.82) is 0 Å². The molecule has 0 unspecified atom stereocenters. The monoisotopic (exact) mass is 214 g/mol. The van der Waals surface area contributed by atoms with Gasteiger partial charge in [-0.1, -0.05) is 6.42 Å². The van der Waals surface area contributed by atoms with Crippen LogP contribution in [0.15, 0.2) is 0 Å². The van der Waals surface area contributed by atoms with Crippen molar-refractivity contribution in [2.45, 2.75) is 58.0 Å². The van der Waals surface area contributed by atoms with Gasteiger partial charge in [0.25, 0.3) is 0 Å². The fraction of sp³-hybridized carbons (Fsp3) is 0.917. The number of esters is 1. The van der Waals surface area contributed by atoms with Gasteiger partial charge in [-0.25, -0.2) is 0 Å². The van der Waals surface area contributed by atoms with Gasteiger partial charge in [-0.3, -0.25) is 4.79 Å². The first kappa shape index (κ1) is 12.5. The molecule has 0 spiro atoms. The molecule has 0 saturated heterocycles. The molecule has 0 aromatic carbocycles. The standard InChI is InChI=1S/C12H22O3/c1-2-14-12(13)9-4-3-5-10-15-11-7-6-8-11/h11H,2-10H2,1H3. The summed E-state index contributed by atoms with van der Waals surface area (Å²) < 4.78 is 10.5. The van der Waals surface area contributed by atoms with Crippen molar-refractivity contribution in [2.75, 3.05) is 13.2 Å². The minimum absolute atomic E-state index is 0.0718. The number of rotatable bonds is 8. The van der Waals surface area contributed by atoms with Crippen molar-refractivity contribution in [3.63, 3.8) is 0 Å². The molecular weight excluding hydrogens is 192 g/mol. The fourth-order valence-electron chi connectivity index (χ4n) is 1.57. The van der Waals surface area contributed by atoms with E-state index < -0.39 is 0 Å². The van der Waals surface area contributed by atoms with Crippen LogP contribution in [0.4, 0.5) is 0 Å². The van der Waals surface area contributed by atoms with Crippen LogP contribution in [-0.2, 0) is 14.3 Å². The molecule has 15 heavy (non-hydrogen) atoms. The van der Waals surface area contributed by atoms with Gasteiger partial charge in [-0.05, 0) is 39.0 Å². The molecule has 1 aliphatic rings. The van der Waals surface area contributed by atoms with Crippen LogP contribution >= 0.6 is 0 Å². The van der Waals surface area contributed by atoms with Crippen molar-refractivity contribution >= 4 is 5.97 Å². The topological polar surface area (TPSA) is 35.5 Å². The molecule has 1 rings (SSSR count). The maximum Gasteiger partial charge on any atom is 0.305 e. The molecule has 0 aromatic rings. The zero-order valence-corrected chi connectivity index (χ0v) is 9.67. The highest BCUT2D eigenvalue weighted by Crippen LogP contribution is 2.22. The first-order valence-electron chi connectivity index (χ1n) is 6.10. The van der Waals surface area contributed by atoms with Crippen LogP contribution in [0, 0.1) is 0 Å². The molecule has 0 atom stereocenters. The van der Waals surface area contributed by atoms with E-state index in [1.165, 1.54) is 19.3 Å². The van der Waals surface area contributed by atoms with Crippen LogP contribution in [-0.4, -0.2) is 25.3 Å². The molecular formula is C12H22O3. The molecule has 1 saturated carbocycles. The van der Waals surface area contributed by atoms with Crippen molar-refractivity contribution in [2.24, 2.45) is 0 Å². The second-order valence-corrected chi connectivity index (χ2v) is 4.04. The van der Waals surface area contributed by atoms with E-state index in [0.29, 0.717) is 19.1 Å². The number of unbranched alkanes of at least 4 members (excludes halogenated alkanes) is 2. The summed E-state index contributed by atoms with van der Waals surface area (Å²) in [4.78, 5) is 11.0. The summed E-state index contributed by atoms with van der Waals surface area (Å²) in [6.45, 7) is 3.18. The highest BCUT2D eigenvalue weighted by Gasteiger charge is 2.16. The first-order chi connectivity index (χ1) is 7.33. The molecule has 1 fully saturated rings. The van der Waals surface area contributed by atoms with E-state index in [0.717, 1.165) is 25.9 Å². The quantitative estimate of drug-likeness (QED) is 0.460. The molecule has 0 heterocycles. The van der Waals surface area contributed by atoms with Crippen LogP contribution in [0.1, 0.15) is 51.9 Å². The highest BCUT2D eigenvalue weighted by atomic mass is 16.5. The Kier molecular flexibility index (Phi) is 6.41. The minimum atomic E-state index is -0.0718. The van der Waals surface area contributed by atoms with E-state index >= 15 is 0 Å². The molecule has 0 radical (unpaired) electrons. The fourth-order valence-corrected chi connectivity index (χ4v) is 1.57. The van der Waals surface area contributed by atoms with Gasteiger partial charge in [0.05, 0.1) is 12.7 Å². The van der Waals surface area contributed by atoms with E-state index in [9.17, 15) is 4.79 Å². The number of hydrogen-bond acceptors (Lipinski definition) is 3. The Hall–Kier alpha value is -0.570. The lowest BCUT2D eigenvalue weighted by Gasteiger charge is -2.25. The molecule has 0 N–H and O–H groups in total. The third-order valence-corrected chi connectivity index (χ3v) is 2.74. The van der Waals surface area contributed by atoms with Crippen LogP contribution < -0.4 is 0 Å². The Morgan fingerprint density at radius 3 is 2.67 bits per heavy atom. The number of carbonyl (C=O) groups excluding carboxylic acids is 1. The van der Waals surface area contributed by atoms with Gasteiger partial charge >= 0.3 is 5.97 Å². The van der Waals surface area contributed by atoms with Crippen molar-refractivity contribution in [3.05, 3.63) is 0 Å². The average Bonchev–Trinajstić information content (AvgIpc) is 2.14. The predicted molar refractivity (Wildman–Crippen MR) is 58.7 cm³/mol. The summed E-state index contributed by atoms with van der Waals surface area (Å²) in [5, 5.41) is 0. The Morgan fingerprint density at radius 2 is 2.07 bits per heavy atom. The normalized spacial score (nSPS) is 16.1. The zero-order valence-electron chi connectivity index (χ0n) is 9.67. The molecule has 3 nitrogen and oxygen atoms in total. The molecule has 0 amide bonds. The van der Waals surface area contributed by atoms with Crippen LogP contribution in [0.2, 0.25) is 0 Å². The van der Waals surface area contributed by atoms with Gasteiger partial charge in [0, 0.05) is 13.0 Å². The van der Waals surface area contributed by atoms with Crippen LogP contribution in [0.5, 0.6) is 0 Å². The van der Waals surface area contributed by atoms with E-state index in [1.54, 1.807) is 0 Å². The maximum atomic E-state index is 11.0. The maximum absolute atomic E-state index is 11.0. The van der Waals surface area contributed by atoms with Gasteiger partial charge in [0.15, 0.2) is 0 Å².